The number of aliphatic hydroxyl groups is 1. The summed E-state index contributed by atoms with van der Waals surface area (Å²) in [6.07, 6.45) is 16.6. The zero-order valence-corrected chi connectivity index (χ0v) is 22.8. The number of allylic oxidation sites excluding steroid dienone is 2. The summed E-state index contributed by atoms with van der Waals surface area (Å²) in [6, 6.07) is 0. The van der Waals surface area contributed by atoms with Crippen LogP contribution in [-0.4, -0.2) is 17.5 Å². The van der Waals surface area contributed by atoms with E-state index in [9.17, 15) is 9.90 Å². The van der Waals surface area contributed by atoms with Gasteiger partial charge in [-0.15, -0.1) is 0 Å². The van der Waals surface area contributed by atoms with Gasteiger partial charge in [0.1, 0.15) is 6.29 Å². The van der Waals surface area contributed by atoms with Crippen LogP contribution in [0.4, 0.5) is 0 Å². The summed E-state index contributed by atoms with van der Waals surface area (Å²) in [5.41, 5.74) is 2.22. The third-order valence-corrected chi connectivity index (χ3v) is 12.1. The van der Waals surface area contributed by atoms with Gasteiger partial charge < -0.3 is 9.90 Å². The summed E-state index contributed by atoms with van der Waals surface area (Å²) >= 11 is 0. The maximum atomic E-state index is 12.2. The van der Waals surface area contributed by atoms with Gasteiger partial charge in [0.15, 0.2) is 0 Å². The Labute approximate surface area is 204 Å². The summed E-state index contributed by atoms with van der Waals surface area (Å²) < 4.78 is 0. The van der Waals surface area contributed by atoms with Crippen molar-refractivity contribution in [2.45, 2.75) is 125 Å². The zero-order valence-electron chi connectivity index (χ0n) is 22.8. The fourth-order valence-electron chi connectivity index (χ4n) is 10.1. The first-order chi connectivity index (χ1) is 15.4. The van der Waals surface area contributed by atoms with Crippen molar-refractivity contribution in [1.29, 1.82) is 0 Å². The number of carbonyl (C=O) groups excluding carboxylic acids is 1. The number of rotatable bonds is 7. The first-order valence-electron chi connectivity index (χ1n) is 14.3. The van der Waals surface area contributed by atoms with E-state index >= 15 is 0 Å². The molecule has 3 saturated carbocycles. The van der Waals surface area contributed by atoms with E-state index in [1.165, 1.54) is 51.2 Å². The molecule has 0 heterocycles. The van der Waals surface area contributed by atoms with Gasteiger partial charge in [-0.05, 0) is 90.8 Å². The summed E-state index contributed by atoms with van der Waals surface area (Å²) in [4.78, 5) is 12.2. The average Bonchev–Trinajstić information content (AvgIpc) is 3.04. The topological polar surface area (TPSA) is 37.3 Å². The molecule has 2 heteroatoms. The molecular weight excluding hydrogens is 404 g/mol. The highest BCUT2D eigenvalue weighted by Crippen LogP contribution is 2.74. The highest BCUT2D eigenvalue weighted by Gasteiger charge is 2.66. The van der Waals surface area contributed by atoms with Gasteiger partial charge in [-0.2, -0.15) is 0 Å². The zero-order chi connectivity index (χ0) is 24.2. The Bertz CT molecular complexity index is 765. The average molecular weight is 457 g/mol. The van der Waals surface area contributed by atoms with E-state index in [1.54, 1.807) is 5.57 Å². The molecule has 1 unspecified atom stereocenters. The molecular formula is C31H52O2. The fraction of sp³-hybridized carbons (Fsp3) is 0.903. The van der Waals surface area contributed by atoms with E-state index in [0.717, 1.165) is 37.0 Å². The largest absolute Gasteiger partial charge is 0.393 e. The van der Waals surface area contributed by atoms with Crippen LogP contribution >= 0.6 is 0 Å². The highest BCUT2D eigenvalue weighted by atomic mass is 16.3. The van der Waals surface area contributed by atoms with Crippen LogP contribution in [0, 0.1) is 51.2 Å². The van der Waals surface area contributed by atoms with Crippen LogP contribution in [0.3, 0.4) is 0 Å². The number of fused-ring (bicyclic) bond motifs is 5. The van der Waals surface area contributed by atoms with Gasteiger partial charge in [-0.25, -0.2) is 0 Å². The second-order valence-electron chi connectivity index (χ2n) is 14.2. The lowest BCUT2D eigenvalue weighted by Crippen LogP contribution is -2.58. The molecule has 33 heavy (non-hydrogen) atoms. The van der Waals surface area contributed by atoms with Crippen LogP contribution in [0.2, 0.25) is 0 Å². The Balaban J connectivity index is 1.67. The predicted octanol–water partition coefficient (Wildman–Crippen LogP) is 7.98. The van der Waals surface area contributed by atoms with Crippen molar-refractivity contribution >= 4 is 6.29 Å². The minimum atomic E-state index is -0.189. The van der Waals surface area contributed by atoms with Crippen molar-refractivity contribution in [3.63, 3.8) is 0 Å². The number of hydrogen-bond donors (Lipinski definition) is 1. The number of aliphatic hydroxyl groups excluding tert-OH is 1. The van der Waals surface area contributed by atoms with Crippen molar-refractivity contribution in [1.82, 2.24) is 0 Å². The lowest BCUT2D eigenvalue weighted by molar-refractivity contribution is -0.135. The molecule has 0 saturated heterocycles. The third kappa shape index (κ3) is 3.71. The van der Waals surface area contributed by atoms with E-state index in [0.29, 0.717) is 18.3 Å². The van der Waals surface area contributed by atoms with E-state index in [-0.39, 0.29) is 27.8 Å². The summed E-state index contributed by atoms with van der Waals surface area (Å²) in [5, 5.41) is 10.8. The molecule has 4 aliphatic carbocycles. The van der Waals surface area contributed by atoms with Crippen molar-refractivity contribution in [2.24, 2.45) is 51.2 Å². The summed E-state index contributed by atoms with van der Waals surface area (Å²) in [5.74, 6) is 3.40. The van der Waals surface area contributed by atoms with Crippen molar-refractivity contribution in [3.8, 4) is 0 Å². The molecule has 0 aromatic rings. The van der Waals surface area contributed by atoms with Gasteiger partial charge in [0.05, 0.1) is 6.10 Å². The monoisotopic (exact) mass is 456 g/mol. The van der Waals surface area contributed by atoms with Crippen molar-refractivity contribution in [2.75, 3.05) is 0 Å². The first kappa shape index (κ1) is 25.5. The normalized spacial score (nSPS) is 45.1. The summed E-state index contributed by atoms with van der Waals surface area (Å²) in [7, 11) is 0. The molecule has 0 radical (unpaired) electrons. The van der Waals surface area contributed by atoms with Gasteiger partial charge in [-0.1, -0.05) is 79.4 Å². The number of hydrogen-bond acceptors (Lipinski definition) is 2. The van der Waals surface area contributed by atoms with Crippen LogP contribution in [-0.2, 0) is 4.79 Å². The molecule has 4 aliphatic rings. The maximum Gasteiger partial charge on any atom is 0.120 e. The van der Waals surface area contributed by atoms with Crippen LogP contribution in [0.25, 0.3) is 0 Å². The lowest BCUT2D eigenvalue weighted by atomic mass is 9.40. The predicted molar refractivity (Wildman–Crippen MR) is 138 cm³/mol. The van der Waals surface area contributed by atoms with E-state index in [2.05, 4.69) is 54.5 Å². The smallest absolute Gasteiger partial charge is 0.120 e. The molecule has 8 atom stereocenters. The minimum Gasteiger partial charge on any atom is -0.393 e. The van der Waals surface area contributed by atoms with Gasteiger partial charge in [-0.3, -0.25) is 0 Å². The molecule has 188 valence electrons. The van der Waals surface area contributed by atoms with E-state index in [4.69, 9.17) is 0 Å². The number of aldehydes is 1. The molecule has 3 fully saturated rings. The fourth-order valence-corrected chi connectivity index (χ4v) is 10.1. The molecule has 0 bridgehead atoms. The molecule has 0 amide bonds. The van der Waals surface area contributed by atoms with Crippen molar-refractivity contribution < 1.29 is 9.90 Å². The molecule has 0 spiro atoms. The van der Waals surface area contributed by atoms with Gasteiger partial charge in [0.25, 0.3) is 0 Å². The first-order valence-corrected chi connectivity index (χ1v) is 14.3. The Hall–Kier alpha value is -0.630. The number of carbonyl (C=O) groups is 1. The Morgan fingerprint density at radius 3 is 2.42 bits per heavy atom. The molecule has 1 N–H and O–H groups in total. The van der Waals surface area contributed by atoms with Crippen LogP contribution in [0.5, 0.6) is 0 Å². The second kappa shape index (κ2) is 8.79. The van der Waals surface area contributed by atoms with Gasteiger partial charge in [0, 0.05) is 11.8 Å². The van der Waals surface area contributed by atoms with Crippen LogP contribution < -0.4 is 0 Å². The minimum absolute atomic E-state index is 0.0310. The second-order valence-corrected chi connectivity index (χ2v) is 14.2. The van der Waals surface area contributed by atoms with Gasteiger partial charge >= 0.3 is 0 Å². The third-order valence-electron chi connectivity index (χ3n) is 12.1. The molecule has 4 rings (SSSR count). The van der Waals surface area contributed by atoms with Crippen molar-refractivity contribution in [3.05, 3.63) is 11.6 Å². The quantitative estimate of drug-likeness (QED) is 0.311. The summed E-state index contributed by atoms with van der Waals surface area (Å²) in [6.45, 7) is 16.9. The van der Waals surface area contributed by atoms with E-state index in [1.807, 2.05) is 0 Å². The van der Waals surface area contributed by atoms with E-state index < -0.39 is 0 Å². The Morgan fingerprint density at radius 2 is 1.76 bits per heavy atom. The van der Waals surface area contributed by atoms with Crippen LogP contribution in [0.15, 0.2) is 11.6 Å². The maximum absolute atomic E-state index is 12.2. The SMILES string of the molecule is CC(C)CCC[C@@H](C)[C@H]1CC[C@@]2(CC=O)C3=CCC4C(C)(C)[C@@H](O)CC[C@]4(C)[C@H]3CC[C@]12C. The molecule has 0 aliphatic heterocycles. The Kier molecular flexibility index (Phi) is 6.78. The standard InChI is InChI=1S/C31H52O2/c1-21(2)9-8-10-22(3)23-14-18-31(19-20-32)25-11-12-26-28(4,5)27(33)15-16-29(26,6)24(25)13-17-30(23,31)7/h11,20-24,26-27,33H,8-10,12-19H2,1-7H3/t22-,23-,24+,26?,27+,29-,30-,31-/m1/s1. The lowest BCUT2D eigenvalue weighted by Gasteiger charge is -2.64. The van der Waals surface area contributed by atoms with Crippen LogP contribution in [0.1, 0.15) is 119 Å². The van der Waals surface area contributed by atoms with Gasteiger partial charge in [0.2, 0.25) is 0 Å². The molecule has 0 aromatic heterocycles. The molecule has 2 nitrogen and oxygen atoms in total. The highest BCUT2D eigenvalue weighted by molar-refractivity contribution is 5.54. The Morgan fingerprint density at radius 1 is 1.03 bits per heavy atom. The molecule has 0 aromatic carbocycles.